The van der Waals surface area contributed by atoms with Gasteiger partial charge < -0.3 is 5.32 Å². The molecule has 0 bridgehead atoms. The maximum atomic E-state index is 11.5. The summed E-state index contributed by atoms with van der Waals surface area (Å²) in [6.45, 7) is 1.64. The van der Waals surface area contributed by atoms with Crippen LogP contribution >= 0.6 is 11.6 Å². The summed E-state index contributed by atoms with van der Waals surface area (Å²) in [6.07, 6.45) is 1.72. The minimum Gasteiger partial charge on any atom is -0.324 e. The van der Waals surface area contributed by atoms with Crippen LogP contribution in [0.1, 0.15) is 6.92 Å². The lowest BCUT2D eigenvalue weighted by Crippen LogP contribution is -2.20. The van der Waals surface area contributed by atoms with Crippen LogP contribution in [0.25, 0.3) is 10.9 Å². The fraction of sp³-hybridized carbons (Fsp3) is 0.167. The first kappa shape index (κ1) is 10.9. The fourth-order valence-corrected chi connectivity index (χ4v) is 1.50. The first-order chi connectivity index (χ1) is 7.68. The van der Waals surface area contributed by atoms with Crippen LogP contribution in [-0.4, -0.2) is 16.3 Å². The van der Waals surface area contributed by atoms with Crippen molar-refractivity contribution in [2.45, 2.75) is 12.3 Å². The van der Waals surface area contributed by atoms with Gasteiger partial charge in [-0.2, -0.15) is 0 Å². The van der Waals surface area contributed by atoms with Gasteiger partial charge >= 0.3 is 0 Å². The van der Waals surface area contributed by atoms with E-state index in [1.165, 1.54) is 0 Å². The van der Waals surface area contributed by atoms with E-state index in [4.69, 9.17) is 11.6 Å². The van der Waals surface area contributed by atoms with E-state index in [-0.39, 0.29) is 5.91 Å². The molecule has 2 aromatic rings. The number of halogens is 1. The second kappa shape index (κ2) is 4.49. The molecule has 1 aromatic carbocycles. The SMILES string of the molecule is C[C@H](Cl)C(=O)Nc1cccc2ncccc12. The highest BCUT2D eigenvalue weighted by Crippen LogP contribution is 2.21. The number of hydrogen-bond donors (Lipinski definition) is 1. The van der Waals surface area contributed by atoms with Crippen LogP contribution in [0.3, 0.4) is 0 Å². The van der Waals surface area contributed by atoms with Crippen LogP contribution in [0.4, 0.5) is 5.69 Å². The summed E-state index contributed by atoms with van der Waals surface area (Å²) in [7, 11) is 0. The van der Waals surface area contributed by atoms with Gasteiger partial charge in [0, 0.05) is 11.6 Å². The highest BCUT2D eigenvalue weighted by Gasteiger charge is 2.10. The van der Waals surface area contributed by atoms with Gasteiger partial charge in [0.05, 0.1) is 11.2 Å². The van der Waals surface area contributed by atoms with Crippen molar-refractivity contribution in [3.63, 3.8) is 0 Å². The van der Waals surface area contributed by atoms with E-state index in [1.54, 1.807) is 13.1 Å². The van der Waals surface area contributed by atoms with Crippen molar-refractivity contribution in [2.75, 3.05) is 5.32 Å². The van der Waals surface area contributed by atoms with Crippen LogP contribution in [0, 0.1) is 0 Å². The molecule has 4 heteroatoms. The molecule has 1 atom stereocenters. The quantitative estimate of drug-likeness (QED) is 0.812. The third-order valence-electron chi connectivity index (χ3n) is 2.26. The number of anilines is 1. The molecule has 0 unspecified atom stereocenters. The summed E-state index contributed by atoms with van der Waals surface area (Å²) >= 11 is 5.70. The summed E-state index contributed by atoms with van der Waals surface area (Å²) in [5.74, 6) is -0.210. The first-order valence-electron chi connectivity index (χ1n) is 4.97. The zero-order chi connectivity index (χ0) is 11.5. The van der Waals surface area contributed by atoms with Crippen molar-refractivity contribution in [1.29, 1.82) is 0 Å². The molecule has 0 spiro atoms. The molecule has 1 heterocycles. The van der Waals surface area contributed by atoms with Crippen molar-refractivity contribution in [3.8, 4) is 0 Å². The Hall–Kier alpha value is -1.61. The van der Waals surface area contributed by atoms with Gasteiger partial charge in [0.1, 0.15) is 5.38 Å². The summed E-state index contributed by atoms with van der Waals surface area (Å²) in [5, 5.41) is 3.14. The second-order valence-corrected chi connectivity index (χ2v) is 4.14. The maximum Gasteiger partial charge on any atom is 0.242 e. The molecular formula is C12H11ClN2O. The van der Waals surface area contributed by atoms with E-state index in [9.17, 15) is 4.79 Å². The number of benzene rings is 1. The molecule has 1 N–H and O–H groups in total. The zero-order valence-electron chi connectivity index (χ0n) is 8.77. The summed E-state index contributed by atoms with van der Waals surface area (Å²) in [6, 6.07) is 9.33. The smallest absolute Gasteiger partial charge is 0.242 e. The van der Waals surface area contributed by atoms with Gasteiger partial charge in [-0.15, -0.1) is 11.6 Å². The summed E-state index contributed by atoms with van der Waals surface area (Å²) in [4.78, 5) is 15.7. The van der Waals surface area contributed by atoms with Gasteiger partial charge in [-0.05, 0) is 31.2 Å². The third-order valence-corrected chi connectivity index (χ3v) is 2.46. The lowest BCUT2D eigenvalue weighted by atomic mass is 10.2. The lowest BCUT2D eigenvalue weighted by molar-refractivity contribution is -0.115. The number of rotatable bonds is 2. The Morgan fingerprint density at radius 1 is 1.38 bits per heavy atom. The van der Waals surface area contributed by atoms with Crippen LogP contribution in [0.2, 0.25) is 0 Å². The number of nitrogens with one attached hydrogen (secondary N) is 1. The van der Waals surface area contributed by atoms with Gasteiger partial charge in [-0.25, -0.2) is 0 Å². The zero-order valence-corrected chi connectivity index (χ0v) is 9.53. The van der Waals surface area contributed by atoms with Crippen LogP contribution in [-0.2, 0) is 4.79 Å². The lowest BCUT2D eigenvalue weighted by Gasteiger charge is -2.08. The van der Waals surface area contributed by atoms with Gasteiger partial charge in [0.2, 0.25) is 5.91 Å². The number of carbonyl (C=O) groups excluding carboxylic acids is 1. The van der Waals surface area contributed by atoms with Gasteiger partial charge in [0.25, 0.3) is 0 Å². The maximum absolute atomic E-state index is 11.5. The van der Waals surface area contributed by atoms with E-state index >= 15 is 0 Å². The van der Waals surface area contributed by atoms with Gasteiger partial charge in [0.15, 0.2) is 0 Å². The van der Waals surface area contributed by atoms with E-state index in [0.717, 1.165) is 16.6 Å². The van der Waals surface area contributed by atoms with Crippen LogP contribution in [0.5, 0.6) is 0 Å². The number of hydrogen-bond acceptors (Lipinski definition) is 2. The monoisotopic (exact) mass is 234 g/mol. The molecule has 82 valence electrons. The summed E-state index contributed by atoms with van der Waals surface area (Å²) < 4.78 is 0. The Balaban J connectivity index is 2.41. The molecule has 0 aliphatic heterocycles. The minimum atomic E-state index is -0.549. The third kappa shape index (κ3) is 2.14. The molecule has 0 radical (unpaired) electrons. The Morgan fingerprint density at radius 2 is 2.19 bits per heavy atom. The molecule has 16 heavy (non-hydrogen) atoms. The molecule has 2 rings (SSSR count). The molecule has 0 fully saturated rings. The Morgan fingerprint density at radius 3 is 2.94 bits per heavy atom. The Labute approximate surface area is 98.4 Å². The predicted octanol–water partition coefficient (Wildman–Crippen LogP) is 2.80. The van der Waals surface area contributed by atoms with Crippen molar-refractivity contribution < 1.29 is 4.79 Å². The molecule has 0 aliphatic carbocycles. The fourth-order valence-electron chi connectivity index (χ4n) is 1.44. The molecule has 1 amide bonds. The average molecular weight is 235 g/mol. The largest absolute Gasteiger partial charge is 0.324 e. The van der Waals surface area contributed by atoms with E-state index in [0.29, 0.717) is 0 Å². The highest BCUT2D eigenvalue weighted by atomic mass is 35.5. The summed E-state index contributed by atoms with van der Waals surface area (Å²) in [5.41, 5.74) is 1.59. The predicted molar refractivity (Wildman–Crippen MR) is 65.7 cm³/mol. The van der Waals surface area contributed by atoms with Crippen LogP contribution < -0.4 is 5.32 Å². The van der Waals surface area contributed by atoms with Gasteiger partial charge in [-0.3, -0.25) is 9.78 Å². The Kier molecular flexibility index (Phi) is 3.06. The molecule has 1 aromatic heterocycles. The minimum absolute atomic E-state index is 0.210. The average Bonchev–Trinajstić information content (AvgIpc) is 2.29. The van der Waals surface area contributed by atoms with Crippen molar-refractivity contribution in [2.24, 2.45) is 0 Å². The molecule has 0 saturated carbocycles. The molecule has 0 aliphatic rings. The Bertz CT molecular complexity index is 520. The number of nitrogens with zero attached hydrogens (tertiary/aromatic N) is 1. The number of aromatic nitrogens is 1. The number of alkyl halides is 1. The van der Waals surface area contributed by atoms with Crippen molar-refractivity contribution >= 4 is 34.1 Å². The van der Waals surface area contributed by atoms with E-state index < -0.39 is 5.38 Å². The van der Waals surface area contributed by atoms with Crippen molar-refractivity contribution in [1.82, 2.24) is 4.98 Å². The number of amides is 1. The number of carbonyl (C=O) groups is 1. The second-order valence-electron chi connectivity index (χ2n) is 3.48. The van der Waals surface area contributed by atoms with E-state index in [2.05, 4.69) is 10.3 Å². The standard InChI is InChI=1S/C12H11ClN2O/c1-8(13)12(16)15-11-6-2-5-10-9(11)4-3-7-14-10/h2-8H,1H3,(H,15,16)/t8-/m0/s1. The topological polar surface area (TPSA) is 42.0 Å². The van der Waals surface area contributed by atoms with E-state index in [1.807, 2.05) is 30.3 Å². The molecule has 0 saturated heterocycles. The van der Waals surface area contributed by atoms with Gasteiger partial charge in [-0.1, -0.05) is 6.07 Å². The molecular weight excluding hydrogens is 224 g/mol. The number of pyridine rings is 1. The van der Waals surface area contributed by atoms with Crippen LogP contribution in [0.15, 0.2) is 36.5 Å². The molecule has 3 nitrogen and oxygen atoms in total. The first-order valence-corrected chi connectivity index (χ1v) is 5.41. The highest BCUT2D eigenvalue weighted by molar-refractivity contribution is 6.32. The van der Waals surface area contributed by atoms with Crippen molar-refractivity contribution in [3.05, 3.63) is 36.5 Å². The normalized spacial score (nSPS) is 12.4. The number of fused-ring (bicyclic) bond motifs is 1.